The Bertz CT molecular complexity index is 1030. The highest BCUT2D eigenvalue weighted by Gasteiger charge is 2.30. The van der Waals surface area contributed by atoms with E-state index in [1.165, 1.54) is 36.8 Å². The van der Waals surface area contributed by atoms with E-state index in [4.69, 9.17) is 9.47 Å². The van der Waals surface area contributed by atoms with Crippen LogP contribution < -0.4 is 4.74 Å². The van der Waals surface area contributed by atoms with Crippen LogP contribution in [0.15, 0.2) is 17.0 Å². The van der Waals surface area contributed by atoms with Crippen LogP contribution in [0.25, 0.3) is 0 Å². The van der Waals surface area contributed by atoms with Crippen LogP contribution in [-0.4, -0.2) is 120 Å². The van der Waals surface area contributed by atoms with Crippen molar-refractivity contribution in [2.24, 2.45) is 5.92 Å². The molecule has 2 aliphatic rings. The van der Waals surface area contributed by atoms with Gasteiger partial charge in [0.15, 0.2) is 0 Å². The number of likely N-dealkylation sites (N-methyl/N-ethyl adjacent to an activating group) is 3. The van der Waals surface area contributed by atoms with Gasteiger partial charge in [0.1, 0.15) is 12.4 Å². The molecular formula is C29H50N4O5S. The lowest BCUT2D eigenvalue weighted by Crippen LogP contribution is -2.47. The van der Waals surface area contributed by atoms with Crippen LogP contribution in [0.2, 0.25) is 0 Å². The van der Waals surface area contributed by atoms with Crippen LogP contribution in [-0.2, 0) is 19.6 Å². The molecule has 0 aromatic heterocycles. The molecule has 1 aromatic carbocycles. The predicted molar refractivity (Wildman–Crippen MR) is 155 cm³/mol. The minimum absolute atomic E-state index is 0.0371. The van der Waals surface area contributed by atoms with Crippen molar-refractivity contribution in [2.75, 3.05) is 74.7 Å². The average Bonchev–Trinajstić information content (AvgIpc) is 2.90. The number of ether oxygens (including phenoxy) is 2. The molecular weight excluding hydrogens is 516 g/mol. The van der Waals surface area contributed by atoms with Gasteiger partial charge in [-0.2, -0.15) is 4.31 Å². The average molecular weight is 567 g/mol. The maximum absolute atomic E-state index is 13.2. The molecule has 0 N–H and O–H groups in total. The van der Waals surface area contributed by atoms with E-state index in [0.29, 0.717) is 28.8 Å². The summed E-state index contributed by atoms with van der Waals surface area (Å²) in [6.45, 7) is 7.36. The number of benzene rings is 1. The summed E-state index contributed by atoms with van der Waals surface area (Å²) >= 11 is 0. The van der Waals surface area contributed by atoms with E-state index in [-0.39, 0.29) is 36.6 Å². The summed E-state index contributed by atoms with van der Waals surface area (Å²) in [6, 6.07) is 4.35. The standard InChI is InChI=1S/C29H50N4O5S/c1-22-17-27(37-7)18-23(2)29(22)39(35,36)31(5)15-16-38-21-28(34)32(6)25-12-10-24(11-13-25)19-33-14-8-9-26(20-33)30(3)4/h17-18,24-26H,8-16,19-21H2,1-7H3/t24-,25+,26-/m1/s1. The van der Waals surface area contributed by atoms with Crippen LogP contribution in [0.4, 0.5) is 0 Å². The molecule has 1 saturated heterocycles. The second kappa shape index (κ2) is 14.3. The predicted octanol–water partition coefficient (Wildman–Crippen LogP) is 2.99. The first kappa shape index (κ1) is 31.8. The number of sulfonamides is 1. The van der Waals surface area contributed by atoms with Gasteiger partial charge in [0, 0.05) is 45.8 Å². The summed E-state index contributed by atoms with van der Waals surface area (Å²) in [6.07, 6.45) is 6.92. The summed E-state index contributed by atoms with van der Waals surface area (Å²) in [5, 5.41) is 0. The first-order valence-electron chi connectivity index (χ1n) is 14.3. The van der Waals surface area contributed by atoms with Crippen molar-refractivity contribution in [1.82, 2.24) is 19.0 Å². The summed E-state index contributed by atoms with van der Waals surface area (Å²) in [5.41, 5.74) is 1.28. The SMILES string of the molecule is COc1cc(C)c(S(=O)(=O)N(C)CCOCC(=O)N(C)[C@H]2CC[C@@H](CN3CCC[C@@H](N(C)C)C3)CC2)c(C)c1. The zero-order valence-electron chi connectivity index (χ0n) is 25.1. The van der Waals surface area contributed by atoms with Crippen LogP contribution >= 0.6 is 0 Å². The monoisotopic (exact) mass is 566 g/mol. The Kier molecular flexibility index (Phi) is 11.6. The van der Waals surface area contributed by atoms with Gasteiger partial charge in [0.25, 0.3) is 0 Å². The van der Waals surface area contributed by atoms with Crippen LogP contribution in [0.3, 0.4) is 0 Å². The second-order valence-electron chi connectivity index (χ2n) is 11.7. The maximum Gasteiger partial charge on any atom is 0.248 e. The Morgan fingerprint density at radius 2 is 1.64 bits per heavy atom. The second-order valence-corrected chi connectivity index (χ2v) is 13.6. The fourth-order valence-electron chi connectivity index (χ4n) is 6.07. The molecule has 1 aliphatic carbocycles. The molecule has 39 heavy (non-hydrogen) atoms. The molecule has 3 rings (SSSR count). The number of methoxy groups -OCH3 is 1. The topological polar surface area (TPSA) is 82.6 Å². The lowest BCUT2D eigenvalue weighted by Gasteiger charge is -2.40. The number of piperidine rings is 1. The number of aryl methyl sites for hydroxylation is 2. The molecule has 9 nitrogen and oxygen atoms in total. The third-order valence-electron chi connectivity index (χ3n) is 8.60. The minimum atomic E-state index is -3.69. The molecule has 1 aromatic rings. The van der Waals surface area contributed by atoms with Crippen molar-refractivity contribution in [1.29, 1.82) is 0 Å². The highest BCUT2D eigenvalue weighted by atomic mass is 32.2. The van der Waals surface area contributed by atoms with E-state index < -0.39 is 10.0 Å². The smallest absolute Gasteiger partial charge is 0.248 e. The summed E-state index contributed by atoms with van der Waals surface area (Å²) in [5.74, 6) is 1.29. The lowest BCUT2D eigenvalue weighted by atomic mass is 9.84. The highest BCUT2D eigenvalue weighted by molar-refractivity contribution is 7.89. The number of carbonyl (C=O) groups excluding carboxylic acids is 1. The molecule has 2 fully saturated rings. The Balaban J connectivity index is 1.39. The summed E-state index contributed by atoms with van der Waals surface area (Å²) in [7, 11) is 5.65. The van der Waals surface area contributed by atoms with E-state index in [0.717, 1.165) is 25.7 Å². The zero-order valence-corrected chi connectivity index (χ0v) is 25.9. The summed E-state index contributed by atoms with van der Waals surface area (Å²) < 4.78 is 38.5. The molecule has 1 heterocycles. The number of hydrogen-bond donors (Lipinski definition) is 0. The molecule has 1 saturated carbocycles. The Morgan fingerprint density at radius 1 is 1.00 bits per heavy atom. The zero-order chi connectivity index (χ0) is 28.7. The molecule has 1 atom stereocenters. The van der Waals surface area contributed by atoms with E-state index in [9.17, 15) is 13.2 Å². The van der Waals surface area contributed by atoms with Crippen molar-refractivity contribution in [2.45, 2.75) is 69.4 Å². The van der Waals surface area contributed by atoms with Crippen LogP contribution in [0, 0.1) is 19.8 Å². The largest absolute Gasteiger partial charge is 0.497 e. The third-order valence-corrected chi connectivity index (χ3v) is 10.8. The number of hydrogen-bond acceptors (Lipinski definition) is 7. The van der Waals surface area contributed by atoms with Gasteiger partial charge < -0.3 is 24.2 Å². The van der Waals surface area contributed by atoms with Gasteiger partial charge in [-0.05, 0) is 102 Å². The van der Waals surface area contributed by atoms with E-state index in [1.54, 1.807) is 40.1 Å². The number of likely N-dealkylation sites (tertiary alicyclic amines) is 1. The molecule has 10 heteroatoms. The fraction of sp³-hybridized carbons (Fsp3) is 0.759. The van der Waals surface area contributed by atoms with E-state index >= 15 is 0 Å². The van der Waals surface area contributed by atoms with Crippen LogP contribution in [0.5, 0.6) is 5.75 Å². The first-order valence-corrected chi connectivity index (χ1v) is 15.7. The molecule has 0 radical (unpaired) electrons. The fourth-order valence-corrected chi connectivity index (χ4v) is 7.63. The third kappa shape index (κ3) is 8.39. The van der Waals surface area contributed by atoms with Gasteiger partial charge in [-0.3, -0.25) is 4.79 Å². The van der Waals surface area contributed by atoms with Gasteiger partial charge in [-0.25, -0.2) is 8.42 Å². The van der Waals surface area contributed by atoms with Crippen molar-refractivity contribution >= 4 is 15.9 Å². The van der Waals surface area contributed by atoms with Gasteiger partial charge in [0.2, 0.25) is 15.9 Å². The van der Waals surface area contributed by atoms with E-state index in [2.05, 4.69) is 23.9 Å². The van der Waals surface area contributed by atoms with E-state index in [1.807, 2.05) is 11.9 Å². The number of carbonyl (C=O) groups is 1. The number of nitrogens with zero attached hydrogens (tertiary/aromatic N) is 4. The lowest BCUT2D eigenvalue weighted by molar-refractivity contribution is -0.137. The van der Waals surface area contributed by atoms with Crippen molar-refractivity contribution in [3.8, 4) is 5.75 Å². The Hall–Kier alpha value is -1.72. The molecule has 0 bridgehead atoms. The van der Waals surface area contributed by atoms with Crippen molar-refractivity contribution < 1.29 is 22.7 Å². The van der Waals surface area contributed by atoms with Crippen molar-refractivity contribution in [3.63, 3.8) is 0 Å². The van der Waals surface area contributed by atoms with Gasteiger partial charge >= 0.3 is 0 Å². The van der Waals surface area contributed by atoms with Gasteiger partial charge in [0.05, 0.1) is 18.6 Å². The molecule has 1 amide bonds. The first-order chi connectivity index (χ1) is 18.4. The van der Waals surface area contributed by atoms with Crippen molar-refractivity contribution in [3.05, 3.63) is 23.3 Å². The molecule has 1 aliphatic heterocycles. The normalized spacial score (nSPS) is 22.8. The van der Waals surface area contributed by atoms with Gasteiger partial charge in [-0.15, -0.1) is 0 Å². The number of rotatable bonds is 12. The molecule has 0 spiro atoms. The molecule has 0 unspecified atom stereocenters. The highest BCUT2D eigenvalue weighted by Crippen LogP contribution is 2.29. The van der Waals surface area contributed by atoms with Gasteiger partial charge in [-0.1, -0.05) is 0 Å². The Labute approximate surface area is 236 Å². The van der Waals surface area contributed by atoms with Crippen LogP contribution in [0.1, 0.15) is 49.7 Å². The number of amides is 1. The summed E-state index contributed by atoms with van der Waals surface area (Å²) in [4.78, 5) is 19.9. The molecule has 222 valence electrons. The maximum atomic E-state index is 13.2. The quantitative estimate of drug-likeness (QED) is 0.360. The Morgan fingerprint density at radius 3 is 2.23 bits per heavy atom. The minimum Gasteiger partial charge on any atom is -0.497 e.